The minimum atomic E-state index is -4.30. The quantitative estimate of drug-likeness (QED) is 0.00912. The first-order valence-electron chi connectivity index (χ1n) is 21.5. The second-order valence-electron chi connectivity index (χ2n) is 15.7. The van der Waals surface area contributed by atoms with Crippen molar-refractivity contribution >= 4 is 47.0 Å². The first-order valence-corrected chi connectivity index (χ1v) is 21.5. The Morgan fingerprint density at radius 2 is 1.00 bits per heavy atom. The molecule has 20 heteroatoms. The second-order valence-corrected chi connectivity index (χ2v) is 15.7. The molecule has 0 saturated carbocycles. The molecule has 0 aliphatic carbocycles. The van der Waals surface area contributed by atoms with E-state index in [0.717, 1.165) is 12.2 Å². The van der Waals surface area contributed by atoms with Gasteiger partial charge in [-0.3, -0.25) is 9.59 Å². The lowest BCUT2D eigenvalue weighted by molar-refractivity contribution is -0.187. The van der Waals surface area contributed by atoms with E-state index in [1.165, 1.54) is 129 Å². The number of ether oxygens (including phenoxy) is 6. The van der Waals surface area contributed by atoms with Crippen LogP contribution in [0.15, 0.2) is 115 Å². The van der Waals surface area contributed by atoms with Gasteiger partial charge in [-0.2, -0.15) is 26.3 Å². The zero-order valence-electron chi connectivity index (χ0n) is 38.1. The van der Waals surface area contributed by atoms with E-state index >= 15 is 0 Å². The maximum Gasteiger partial charge on any atom is 0.389 e. The fraction of sp³-hybridized carbons (Fsp3) is 0.255. The van der Waals surface area contributed by atoms with Gasteiger partial charge in [0.25, 0.3) is 0 Å². The van der Waals surface area contributed by atoms with Crippen molar-refractivity contribution in [3.8, 4) is 34.5 Å². The molecule has 0 aliphatic rings. The van der Waals surface area contributed by atoms with Crippen LogP contribution >= 0.6 is 0 Å². The number of benzene rings is 5. The number of ketones is 2. The zero-order chi connectivity index (χ0) is 51.9. The summed E-state index contributed by atoms with van der Waals surface area (Å²) in [6, 6.07) is 23.7. The summed E-state index contributed by atoms with van der Waals surface area (Å²) in [7, 11) is 2.61. The summed E-state index contributed by atoms with van der Waals surface area (Å²) in [5.41, 5.74) is 13.2. The Morgan fingerprint density at radius 1 is 0.577 bits per heavy atom. The van der Waals surface area contributed by atoms with Crippen molar-refractivity contribution in [3.63, 3.8) is 0 Å². The Kier molecular flexibility index (Phi) is 18.4. The van der Waals surface area contributed by atoms with Gasteiger partial charge in [0.05, 0.1) is 44.5 Å². The van der Waals surface area contributed by atoms with Gasteiger partial charge in [0.15, 0.2) is 28.8 Å². The third-order valence-electron chi connectivity index (χ3n) is 10.3. The van der Waals surface area contributed by atoms with Crippen LogP contribution in [0.5, 0.6) is 34.5 Å². The standard InChI is InChI=1S/C51H48F6N2O12/c1-66-44-25-31(6-18-42(44)70-47(62)33-9-14-39(15-10-33)68-23-3-21-49(52,53)54)5-13-38(60)30-41(35-27-36(58)29-37(59)28-35)51(64,65)46(61)20-8-32-7-19-43(45(26-32)67-2)71-48(63)34-11-16-40(17-12-34)69-24-4-22-50(55,56)57/h5-20,25-29,41,64-65H,3-4,21-24,30,58-59H2,1-2H3. The number of methoxy groups -OCH3 is 2. The molecule has 376 valence electrons. The predicted octanol–water partition coefficient (Wildman–Crippen LogP) is 9.47. The SMILES string of the molecule is COc1cc(C=CC(=O)CC(c2cc(N)cc(N)c2)C(O)(O)C(=O)C=Cc2ccc(OC(=O)c3ccc(OCCCC(F)(F)F)cc3)c(OC)c2)ccc1OC(=O)c1ccc(OCCCC(F)(F)F)cc1. The number of nitrogens with two attached hydrogens (primary N) is 2. The third kappa shape index (κ3) is 16.7. The predicted molar refractivity (Wildman–Crippen MR) is 248 cm³/mol. The molecule has 0 amide bonds. The molecule has 0 bridgehead atoms. The Hall–Kier alpha value is -7.84. The number of carbonyl (C=O) groups is 4. The van der Waals surface area contributed by atoms with E-state index in [0.29, 0.717) is 11.1 Å². The number of hydrogen-bond acceptors (Lipinski definition) is 14. The Labute approximate surface area is 403 Å². The van der Waals surface area contributed by atoms with Crippen LogP contribution in [0.2, 0.25) is 0 Å². The van der Waals surface area contributed by atoms with Crippen molar-refractivity contribution in [2.45, 2.75) is 56.2 Å². The van der Waals surface area contributed by atoms with Crippen molar-refractivity contribution in [3.05, 3.63) is 143 Å². The summed E-state index contributed by atoms with van der Waals surface area (Å²) in [5, 5.41) is 22.9. The lowest BCUT2D eigenvalue weighted by Crippen LogP contribution is -2.44. The van der Waals surface area contributed by atoms with Gasteiger partial charge in [0.2, 0.25) is 11.6 Å². The van der Waals surface area contributed by atoms with Crippen LogP contribution in [0.3, 0.4) is 0 Å². The molecule has 6 N–H and O–H groups in total. The van der Waals surface area contributed by atoms with Gasteiger partial charge in [-0.05, 0) is 133 Å². The van der Waals surface area contributed by atoms with Crippen molar-refractivity contribution in [2.24, 2.45) is 0 Å². The van der Waals surface area contributed by atoms with E-state index < -0.39 is 66.8 Å². The van der Waals surface area contributed by atoms with Gasteiger partial charge in [-0.15, -0.1) is 0 Å². The van der Waals surface area contributed by atoms with Crippen LogP contribution in [-0.2, 0) is 9.59 Å². The zero-order valence-corrected chi connectivity index (χ0v) is 38.1. The van der Waals surface area contributed by atoms with Gasteiger partial charge in [-0.1, -0.05) is 24.3 Å². The maximum atomic E-state index is 13.6. The number of halogens is 6. The number of alkyl halides is 6. The molecule has 0 heterocycles. The van der Waals surface area contributed by atoms with E-state index in [1.54, 1.807) is 0 Å². The minimum absolute atomic E-state index is 0.0137. The third-order valence-corrected chi connectivity index (χ3v) is 10.3. The normalized spacial score (nSPS) is 12.4. The summed E-state index contributed by atoms with van der Waals surface area (Å²) in [4.78, 5) is 52.9. The fourth-order valence-electron chi connectivity index (χ4n) is 6.68. The lowest BCUT2D eigenvalue weighted by atomic mass is 9.83. The van der Waals surface area contributed by atoms with Gasteiger partial charge in [0, 0.05) is 30.6 Å². The average molecular weight is 995 g/mol. The molecule has 0 aliphatic heterocycles. The van der Waals surface area contributed by atoms with E-state index in [4.69, 9.17) is 39.9 Å². The van der Waals surface area contributed by atoms with E-state index in [9.17, 15) is 55.7 Å². The molecule has 0 radical (unpaired) electrons. The molecule has 0 fully saturated rings. The lowest BCUT2D eigenvalue weighted by Gasteiger charge is -2.29. The smallest absolute Gasteiger partial charge is 0.389 e. The topological polar surface area (TPSA) is 216 Å². The molecule has 5 rings (SSSR count). The highest BCUT2D eigenvalue weighted by Crippen LogP contribution is 2.36. The van der Waals surface area contributed by atoms with Gasteiger partial charge in [0.1, 0.15) is 11.5 Å². The molecule has 1 atom stereocenters. The van der Waals surface area contributed by atoms with E-state index in [2.05, 4.69) is 0 Å². The number of rotatable bonds is 23. The van der Waals surface area contributed by atoms with E-state index in [1.807, 2.05) is 0 Å². The molecule has 0 aromatic heterocycles. The van der Waals surface area contributed by atoms with Gasteiger partial charge >= 0.3 is 24.3 Å². The highest BCUT2D eigenvalue weighted by atomic mass is 19.4. The number of nitrogen functional groups attached to an aromatic ring is 2. The molecular weight excluding hydrogens is 947 g/mol. The van der Waals surface area contributed by atoms with Crippen LogP contribution in [0.1, 0.15) is 75.4 Å². The van der Waals surface area contributed by atoms with Crippen LogP contribution in [0, 0.1) is 0 Å². The van der Waals surface area contributed by atoms with Crippen molar-refractivity contribution in [1.82, 2.24) is 0 Å². The largest absolute Gasteiger partial charge is 0.494 e. The van der Waals surface area contributed by atoms with Gasteiger partial charge in [-0.25, -0.2) is 9.59 Å². The molecule has 5 aromatic rings. The highest BCUT2D eigenvalue weighted by Gasteiger charge is 2.42. The number of esters is 2. The van der Waals surface area contributed by atoms with Crippen LogP contribution in [0.25, 0.3) is 12.2 Å². The number of aliphatic hydroxyl groups is 2. The minimum Gasteiger partial charge on any atom is -0.494 e. The average Bonchev–Trinajstić information content (AvgIpc) is 3.32. The number of allylic oxidation sites excluding steroid dienone is 1. The number of carbonyl (C=O) groups excluding carboxylic acids is 4. The molecular formula is C51H48F6N2O12. The molecule has 14 nitrogen and oxygen atoms in total. The number of hydrogen-bond donors (Lipinski definition) is 4. The molecule has 71 heavy (non-hydrogen) atoms. The summed E-state index contributed by atoms with van der Waals surface area (Å²) in [6.45, 7) is -0.346. The van der Waals surface area contributed by atoms with Crippen LogP contribution < -0.4 is 39.9 Å². The molecule has 0 saturated heterocycles. The molecule has 1 unspecified atom stereocenters. The van der Waals surface area contributed by atoms with Crippen molar-refractivity contribution < 1.29 is 84.2 Å². The Morgan fingerprint density at radius 3 is 1.41 bits per heavy atom. The summed E-state index contributed by atoms with van der Waals surface area (Å²) in [6.07, 6.45) is -7.09. The van der Waals surface area contributed by atoms with E-state index in [-0.39, 0.29) is 88.6 Å². The summed E-state index contributed by atoms with van der Waals surface area (Å²) in [5.74, 6) is -7.65. The second kappa shape index (κ2) is 24.1. The first kappa shape index (κ1) is 54.1. The first-order chi connectivity index (χ1) is 33.5. The monoisotopic (exact) mass is 994 g/mol. The number of anilines is 2. The van der Waals surface area contributed by atoms with Crippen molar-refractivity contribution in [2.75, 3.05) is 38.9 Å². The Balaban J connectivity index is 1.23. The highest BCUT2D eigenvalue weighted by molar-refractivity contribution is 6.01. The molecule has 5 aromatic carbocycles. The Bertz CT molecular complexity index is 2700. The maximum absolute atomic E-state index is 13.6. The van der Waals surface area contributed by atoms with Crippen LogP contribution in [-0.4, -0.2) is 79.3 Å². The van der Waals surface area contributed by atoms with Crippen LogP contribution in [0.4, 0.5) is 37.7 Å². The summed E-state index contributed by atoms with van der Waals surface area (Å²) >= 11 is 0. The summed E-state index contributed by atoms with van der Waals surface area (Å²) < 4.78 is 107. The molecule has 0 spiro atoms. The fourth-order valence-corrected chi connectivity index (χ4v) is 6.68. The van der Waals surface area contributed by atoms with Gasteiger partial charge < -0.3 is 50.1 Å². The van der Waals surface area contributed by atoms with Crippen molar-refractivity contribution in [1.29, 1.82) is 0 Å².